The highest BCUT2D eigenvalue weighted by Gasteiger charge is 2.23. The van der Waals surface area contributed by atoms with Gasteiger partial charge in [-0.2, -0.15) is 0 Å². The van der Waals surface area contributed by atoms with Gasteiger partial charge in [-0.15, -0.1) is 0 Å². The third-order valence-electron chi connectivity index (χ3n) is 4.73. The summed E-state index contributed by atoms with van der Waals surface area (Å²) in [5, 5.41) is 2.68. The number of carbonyl (C=O) groups is 3. The van der Waals surface area contributed by atoms with Crippen LogP contribution in [-0.4, -0.2) is 42.4 Å². The van der Waals surface area contributed by atoms with Crippen LogP contribution in [0.1, 0.15) is 56.3 Å². The Morgan fingerprint density at radius 2 is 1.81 bits per heavy atom. The Labute approximate surface area is 154 Å². The van der Waals surface area contributed by atoms with Crippen molar-refractivity contribution in [2.24, 2.45) is 5.92 Å². The molecule has 1 N–H and O–H groups in total. The zero-order valence-corrected chi connectivity index (χ0v) is 15.6. The molecule has 0 saturated heterocycles. The summed E-state index contributed by atoms with van der Waals surface area (Å²) in [7, 11) is 0. The summed E-state index contributed by atoms with van der Waals surface area (Å²) < 4.78 is 5.14. The Morgan fingerprint density at radius 3 is 2.46 bits per heavy atom. The molecule has 1 aliphatic carbocycles. The van der Waals surface area contributed by atoms with Crippen LogP contribution in [0.15, 0.2) is 24.3 Å². The number of amides is 2. The summed E-state index contributed by atoms with van der Waals surface area (Å²) >= 11 is 0. The van der Waals surface area contributed by atoms with E-state index in [1.54, 1.807) is 29.2 Å². The molecule has 1 aromatic carbocycles. The SMILES string of the molecule is CCN(CC)C(=O)c1cccc(NC(=O)COC(=O)C2CCCCC2)c1. The van der Waals surface area contributed by atoms with Gasteiger partial charge in [0.1, 0.15) is 0 Å². The highest BCUT2D eigenvalue weighted by Crippen LogP contribution is 2.24. The van der Waals surface area contributed by atoms with Crippen LogP contribution in [-0.2, 0) is 14.3 Å². The van der Waals surface area contributed by atoms with Crippen LogP contribution >= 0.6 is 0 Å². The fraction of sp³-hybridized carbons (Fsp3) is 0.550. The van der Waals surface area contributed by atoms with Crippen molar-refractivity contribution in [2.45, 2.75) is 46.0 Å². The molecular formula is C20H28N2O4. The number of nitrogens with one attached hydrogen (secondary N) is 1. The molecule has 0 spiro atoms. The summed E-state index contributed by atoms with van der Waals surface area (Å²) in [6.45, 7) is 4.80. The maximum Gasteiger partial charge on any atom is 0.309 e. The maximum absolute atomic E-state index is 12.4. The van der Waals surface area contributed by atoms with Crippen molar-refractivity contribution in [3.8, 4) is 0 Å². The first-order valence-electron chi connectivity index (χ1n) is 9.41. The van der Waals surface area contributed by atoms with Crippen LogP contribution in [0.4, 0.5) is 5.69 Å². The zero-order valence-electron chi connectivity index (χ0n) is 15.6. The van der Waals surface area contributed by atoms with E-state index in [2.05, 4.69) is 5.32 Å². The van der Waals surface area contributed by atoms with Gasteiger partial charge in [-0.3, -0.25) is 14.4 Å². The lowest BCUT2D eigenvalue weighted by molar-refractivity contribution is -0.152. The predicted octanol–water partition coefficient (Wildman–Crippen LogP) is 3.23. The Hall–Kier alpha value is -2.37. The molecule has 0 atom stereocenters. The lowest BCUT2D eigenvalue weighted by Gasteiger charge is -2.20. The van der Waals surface area contributed by atoms with Crippen LogP contribution < -0.4 is 5.32 Å². The number of rotatable bonds is 7. The van der Waals surface area contributed by atoms with E-state index in [1.807, 2.05) is 13.8 Å². The lowest BCUT2D eigenvalue weighted by atomic mass is 9.89. The highest BCUT2D eigenvalue weighted by molar-refractivity contribution is 5.97. The van der Waals surface area contributed by atoms with Gasteiger partial charge < -0.3 is 15.0 Å². The summed E-state index contributed by atoms with van der Waals surface area (Å²) in [6.07, 6.45) is 4.93. The minimum Gasteiger partial charge on any atom is -0.455 e. The largest absolute Gasteiger partial charge is 0.455 e. The Kier molecular flexibility index (Phi) is 7.63. The van der Waals surface area contributed by atoms with Crippen LogP contribution in [0.5, 0.6) is 0 Å². The van der Waals surface area contributed by atoms with Gasteiger partial charge in [-0.1, -0.05) is 25.3 Å². The smallest absolute Gasteiger partial charge is 0.309 e. The second-order valence-corrected chi connectivity index (χ2v) is 6.55. The average molecular weight is 360 g/mol. The number of nitrogens with zero attached hydrogens (tertiary/aromatic N) is 1. The Bertz CT molecular complexity index is 634. The number of benzene rings is 1. The first-order chi connectivity index (χ1) is 12.5. The van der Waals surface area contributed by atoms with Gasteiger partial charge in [0.05, 0.1) is 5.92 Å². The van der Waals surface area contributed by atoms with E-state index in [-0.39, 0.29) is 24.4 Å². The van der Waals surface area contributed by atoms with E-state index in [9.17, 15) is 14.4 Å². The molecule has 26 heavy (non-hydrogen) atoms. The Morgan fingerprint density at radius 1 is 1.12 bits per heavy atom. The molecular weight excluding hydrogens is 332 g/mol. The summed E-state index contributed by atoms with van der Waals surface area (Å²) in [6, 6.07) is 6.79. The number of esters is 1. The van der Waals surface area contributed by atoms with Gasteiger partial charge in [-0.25, -0.2) is 0 Å². The van der Waals surface area contributed by atoms with Crippen molar-refractivity contribution in [2.75, 3.05) is 25.0 Å². The average Bonchev–Trinajstić information content (AvgIpc) is 2.68. The van der Waals surface area contributed by atoms with Crippen LogP contribution in [0.3, 0.4) is 0 Å². The van der Waals surface area contributed by atoms with Crippen molar-refractivity contribution >= 4 is 23.5 Å². The van der Waals surface area contributed by atoms with E-state index >= 15 is 0 Å². The first-order valence-corrected chi connectivity index (χ1v) is 9.41. The molecule has 0 aromatic heterocycles. The fourth-order valence-electron chi connectivity index (χ4n) is 3.21. The summed E-state index contributed by atoms with van der Waals surface area (Å²) in [5.41, 5.74) is 1.03. The molecule has 1 aliphatic rings. The predicted molar refractivity (Wildman–Crippen MR) is 99.9 cm³/mol. The molecule has 1 fully saturated rings. The second-order valence-electron chi connectivity index (χ2n) is 6.55. The highest BCUT2D eigenvalue weighted by atomic mass is 16.5. The molecule has 0 unspecified atom stereocenters. The third kappa shape index (κ3) is 5.58. The monoisotopic (exact) mass is 360 g/mol. The van der Waals surface area contributed by atoms with E-state index in [1.165, 1.54) is 0 Å². The Balaban J connectivity index is 1.87. The molecule has 2 rings (SSSR count). The third-order valence-corrected chi connectivity index (χ3v) is 4.73. The molecule has 6 nitrogen and oxygen atoms in total. The molecule has 0 heterocycles. The topological polar surface area (TPSA) is 75.7 Å². The molecule has 6 heteroatoms. The first kappa shape index (κ1) is 19.9. The molecule has 0 radical (unpaired) electrons. The standard InChI is InChI=1S/C20H28N2O4/c1-3-22(4-2)19(24)16-11-8-12-17(13-16)21-18(23)14-26-20(25)15-9-6-5-7-10-15/h8,11-13,15H,3-7,9-10,14H2,1-2H3,(H,21,23). The van der Waals surface area contributed by atoms with Gasteiger partial charge in [0.25, 0.3) is 11.8 Å². The molecule has 0 aliphatic heterocycles. The zero-order chi connectivity index (χ0) is 18.9. The molecule has 1 saturated carbocycles. The molecule has 1 aromatic rings. The number of hydrogen-bond acceptors (Lipinski definition) is 4. The minimum atomic E-state index is -0.401. The van der Waals surface area contributed by atoms with Gasteiger partial charge in [-0.05, 0) is 44.9 Å². The second kappa shape index (κ2) is 9.94. The van der Waals surface area contributed by atoms with Gasteiger partial charge in [0.15, 0.2) is 6.61 Å². The normalized spacial score (nSPS) is 14.5. The molecule has 142 valence electrons. The molecule has 2 amide bonds. The number of hydrogen-bond donors (Lipinski definition) is 1. The summed E-state index contributed by atoms with van der Waals surface area (Å²) in [5.74, 6) is -0.840. The van der Waals surface area contributed by atoms with E-state index in [0.29, 0.717) is 24.3 Å². The van der Waals surface area contributed by atoms with Crippen LogP contribution in [0.2, 0.25) is 0 Å². The van der Waals surface area contributed by atoms with Crippen molar-refractivity contribution in [3.63, 3.8) is 0 Å². The van der Waals surface area contributed by atoms with E-state index in [0.717, 1.165) is 32.1 Å². The number of ether oxygens (including phenoxy) is 1. The van der Waals surface area contributed by atoms with Crippen molar-refractivity contribution in [1.29, 1.82) is 0 Å². The van der Waals surface area contributed by atoms with Crippen LogP contribution in [0, 0.1) is 5.92 Å². The maximum atomic E-state index is 12.4. The van der Waals surface area contributed by atoms with E-state index in [4.69, 9.17) is 4.74 Å². The number of anilines is 1. The quantitative estimate of drug-likeness (QED) is 0.758. The van der Waals surface area contributed by atoms with Gasteiger partial charge >= 0.3 is 5.97 Å². The van der Waals surface area contributed by atoms with Crippen molar-refractivity contribution in [3.05, 3.63) is 29.8 Å². The van der Waals surface area contributed by atoms with Crippen LogP contribution in [0.25, 0.3) is 0 Å². The van der Waals surface area contributed by atoms with Gasteiger partial charge in [0, 0.05) is 24.3 Å². The lowest BCUT2D eigenvalue weighted by Crippen LogP contribution is -2.30. The number of carbonyl (C=O) groups excluding carboxylic acids is 3. The summed E-state index contributed by atoms with van der Waals surface area (Å²) in [4.78, 5) is 38.1. The van der Waals surface area contributed by atoms with Gasteiger partial charge in [0.2, 0.25) is 0 Å². The van der Waals surface area contributed by atoms with Crippen molar-refractivity contribution < 1.29 is 19.1 Å². The van der Waals surface area contributed by atoms with E-state index < -0.39 is 5.91 Å². The van der Waals surface area contributed by atoms with Crippen molar-refractivity contribution in [1.82, 2.24) is 4.90 Å². The fourth-order valence-corrected chi connectivity index (χ4v) is 3.21. The molecule has 0 bridgehead atoms. The minimum absolute atomic E-state index is 0.0742.